The zero-order valence-electron chi connectivity index (χ0n) is 15.6. The minimum Gasteiger partial charge on any atom is -0.466 e. The zero-order valence-corrected chi connectivity index (χ0v) is 18.8. The van der Waals surface area contributed by atoms with Crippen molar-refractivity contribution in [1.82, 2.24) is 10.2 Å². The number of carbonyl (C=O) groups is 1. The van der Waals surface area contributed by atoms with E-state index in [2.05, 4.69) is 39.8 Å². The summed E-state index contributed by atoms with van der Waals surface area (Å²) in [5.41, 5.74) is 0. The molecule has 0 saturated heterocycles. The molecule has 0 bridgehead atoms. The molecule has 0 unspecified atom stereocenters. The second-order valence-corrected chi connectivity index (χ2v) is 6.73. The Morgan fingerprint density at radius 3 is 2.72 bits per heavy atom. The third-order valence-electron chi connectivity index (χ3n) is 3.74. The lowest BCUT2D eigenvalue weighted by Gasteiger charge is -2.21. The third kappa shape index (κ3) is 11.4. The second kappa shape index (κ2) is 15.4. The number of nitrogens with zero attached hydrogens (tertiary/aromatic N) is 2. The Hall–Kier alpha value is -0.830. The highest BCUT2D eigenvalue weighted by Gasteiger charge is 2.06. The van der Waals surface area contributed by atoms with Gasteiger partial charge in [0.05, 0.1) is 6.61 Å². The first-order valence-corrected chi connectivity index (χ1v) is 9.65. The molecule has 25 heavy (non-hydrogen) atoms. The van der Waals surface area contributed by atoms with E-state index in [1.807, 2.05) is 14.0 Å². The average Bonchev–Trinajstić information content (AvgIpc) is 3.09. The number of aliphatic imine (C=N–C) groups is 1. The first-order chi connectivity index (χ1) is 11.7. The molecule has 1 rings (SSSR count). The molecule has 1 aromatic heterocycles. The quantitative estimate of drug-likeness (QED) is 0.171. The first-order valence-electron chi connectivity index (χ1n) is 8.77. The normalized spacial score (nSPS) is 10.9. The molecule has 0 aliphatic rings. The van der Waals surface area contributed by atoms with E-state index >= 15 is 0 Å². The number of guanidine groups is 1. The van der Waals surface area contributed by atoms with Crippen molar-refractivity contribution in [2.75, 3.05) is 33.8 Å². The standard InChI is InChI=1S/C18H31N3O2S.HI/c1-4-23-17(22)11-7-5-6-8-13-20-18(19-2)21(3)14-12-16-10-9-15-24-16;/h9-10,15H,4-8,11-14H2,1-3H3,(H,19,20);1H. The SMILES string of the molecule is CCOC(=O)CCCCCCNC(=NC)N(C)CCc1cccs1.I. The molecule has 0 radical (unpaired) electrons. The number of nitrogens with one attached hydrogen (secondary N) is 1. The van der Waals surface area contributed by atoms with Crippen molar-refractivity contribution < 1.29 is 9.53 Å². The van der Waals surface area contributed by atoms with Gasteiger partial charge in [-0.3, -0.25) is 9.79 Å². The van der Waals surface area contributed by atoms with Crippen molar-refractivity contribution in [3.8, 4) is 0 Å². The highest BCUT2D eigenvalue weighted by molar-refractivity contribution is 14.0. The maximum atomic E-state index is 11.2. The predicted molar refractivity (Wildman–Crippen MR) is 117 cm³/mol. The van der Waals surface area contributed by atoms with Gasteiger partial charge in [0.15, 0.2) is 5.96 Å². The van der Waals surface area contributed by atoms with Crippen LogP contribution < -0.4 is 5.32 Å². The fraction of sp³-hybridized carbons (Fsp3) is 0.667. The second-order valence-electron chi connectivity index (χ2n) is 5.69. The van der Waals surface area contributed by atoms with Crippen LogP contribution in [0.15, 0.2) is 22.5 Å². The van der Waals surface area contributed by atoms with E-state index in [0.29, 0.717) is 13.0 Å². The summed E-state index contributed by atoms with van der Waals surface area (Å²) in [5, 5.41) is 5.52. The summed E-state index contributed by atoms with van der Waals surface area (Å²) in [5.74, 6) is 0.862. The Balaban J connectivity index is 0.00000576. The largest absolute Gasteiger partial charge is 0.466 e. The van der Waals surface area contributed by atoms with Gasteiger partial charge in [0.25, 0.3) is 0 Å². The van der Waals surface area contributed by atoms with Gasteiger partial charge in [0.2, 0.25) is 0 Å². The van der Waals surface area contributed by atoms with Crippen LogP contribution in [-0.4, -0.2) is 50.6 Å². The van der Waals surface area contributed by atoms with Gasteiger partial charge in [0, 0.05) is 38.5 Å². The molecule has 0 saturated carbocycles. The highest BCUT2D eigenvalue weighted by atomic mass is 127. The molecule has 0 spiro atoms. The number of thiophene rings is 1. The molecular weight excluding hydrogens is 449 g/mol. The summed E-state index contributed by atoms with van der Waals surface area (Å²) in [6.07, 6.45) is 5.75. The summed E-state index contributed by atoms with van der Waals surface area (Å²) < 4.78 is 4.92. The number of rotatable bonds is 11. The Labute approximate surface area is 173 Å². The molecule has 1 N–H and O–H groups in total. The van der Waals surface area contributed by atoms with Crippen LogP contribution in [0.4, 0.5) is 0 Å². The summed E-state index contributed by atoms with van der Waals surface area (Å²) >= 11 is 1.80. The molecule has 0 aromatic carbocycles. The van der Waals surface area contributed by atoms with Crippen molar-refractivity contribution in [1.29, 1.82) is 0 Å². The summed E-state index contributed by atoms with van der Waals surface area (Å²) in [6, 6.07) is 4.26. The van der Waals surface area contributed by atoms with Crippen LogP contribution >= 0.6 is 35.3 Å². The number of esters is 1. The van der Waals surface area contributed by atoms with Crippen molar-refractivity contribution in [3.63, 3.8) is 0 Å². The van der Waals surface area contributed by atoms with Crippen molar-refractivity contribution >= 4 is 47.2 Å². The van der Waals surface area contributed by atoms with E-state index in [9.17, 15) is 4.79 Å². The Morgan fingerprint density at radius 2 is 2.08 bits per heavy atom. The minimum absolute atomic E-state index is 0. The zero-order chi connectivity index (χ0) is 17.6. The summed E-state index contributed by atoms with van der Waals surface area (Å²) in [4.78, 5) is 19.1. The molecule has 0 amide bonds. The lowest BCUT2D eigenvalue weighted by Crippen LogP contribution is -2.40. The third-order valence-corrected chi connectivity index (χ3v) is 4.68. The fourth-order valence-corrected chi connectivity index (χ4v) is 3.10. The van der Waals surface area contributed by atoms with Crippen LogP contribution in [0.2, 0.25) is 0 Å². The monoisotopic (exact) mass is 481 g/mol. The number of carbonyl (C=O) groups excluding carboxylic acids is 1. The van der Waals surface area contributed by atoms with Gasteiger partial charge >= 0.3 is 5.97 Å². The molecular formula is C18H32IN3O2S. The van der Waals surface area contributed by atoms with E-state index in [1.54, 1.807) is 11.3 Å². The van der Waals surface area contributed by atoms with Crippen LogP contribution in [0.5, 0.6) is 0 Å². The number of unbranched alkanes of at least 4 members (excludes halogenated alkanes) is 3. The van der Waals surface area contributed by atoms with Crippen LogP contribution in [0, 0.1) is 0 Å². The maximum Gasteiger partial charge on any atom is 0.305 e. The van der Waals surface area contributed by atoms with Gasteiger partial charge < -0.3 is 15.0 Å². The van der Waals surface area contributed by atoms with Gasteiger partial charge in [0.1, 0.15) is 0 Å². The predicted octanol–water partition coefficient (Wildman–Crippen LogP) is 3.93. The Morgan fingerprint density at radius 1 is 1.32 bits per heavy atom. The van der Waals surface area contributed by atoms with Gasteiger partial charge in [-0.05, 0) is 37.6 Å². The van der Waals surface area contributed by atoms with E-state index in [4.69, 9.17) is 4.74 Å². The van der Waals surface area contributed by atoms with Crippen molar-refractivity contribution in [3.05, 3.63) is 22.4 Å². The molecule has 1 heterocycles. The van der Waals surface area contributed by atoms with Gasteiger partial charge in [-0.2, -0.15) is 0 Å². The van der Waals surface area contributed by atoms with Crippen LogP contribution in [0.25, 0.3) is 0 Å². The topological polar surface area (TPSA) is 53.9 Å². The number of halogens is 1. The fourth-order valence-electron chi connectivity index (χ4n) is 2.40. The molecule has 144 valence electrons. The molecule has 7 heteroatoms. The molecule has 5 nitrogen and oxygen atoms in total. The molecule has 1 aromatic rings. The Bertz CT molecular complexity index is 481. The van der Waals surface area contributed by atoms with Gasteiger partial charge in [-0.15, -0.1) is 35.3 Å². The van der Waals surface area contributed by atoms with Crippen LogP contribution in [-0.2, 0) is 16.0 Å². The highest BCUT2D eigenvalue weighted by Crippen LogP contribution is 2.09. The van der Waals surface area contributed by atoms with Crippen LogP contribution in [0.3, 0.4) is 0 Å². The lowest BCUT2D eigenvalue weighted by molar-refractivity contribution is -0.143. The smallest absolute Gasteiger partial charge is 0.305 e. The molecule has 0 atom stereocenters. The van der Waals surface area contributed by atoms with Gasteiger partial charge in [-0.1, -0.05) is 18.9 Å². The minimum atomic E-state index is -0.0802. The summed E-state index contributed by atoms with van der Waals surface area (Å²) in [6.45, 7) is 4.19. The van der Waals surface area contributed by atoms with Crippen molar-refractivity contribution in [2.24, 2.45) is 4.99 Å². The number of hydrogen-bond donors (Lipinski definition) is 1. The van der Waals surface area contributed by atoms with E-state index < -0.39 is 0 Å². The number of hydrogen-bond acceptors (Lipinski definition) is 4. The van der Waals surface area contributed by atoms with Gasteiger partial charge in [-0.25, -0.2) is 0 Å². The molecule has 0 aliphatic heterocycles. The first kappa shape index (κ1) is 24.2. The van der Waals surface area contributed by atoms with E-state index in [0.717, 1.165) is 51.2 Å². The van der Waals surface area contributed by atoms with E-state index in [-0.39, 0.29) is 29.9 Å². The number of likely N-dealkylation sites (N-methyl/N-ethyl adjacent to an activating group) is 1. The lowest BCUT2D eigenvalue weighted by atomic mass is 10.1. The molecule has 0 aliphatic carbocycles. The van der Waals surface area contributed by atoms with Crippen molar-refractivity contribution in [2.45, 2.75) is 45.4 Å². The Kier molecular flexibility index (Phi) is 14.9. The van der Waals surface area contributed by atoms with Crippen LogP contribution in [0.1, 0.15) is 43.9 Å². The summed E-state index contributed by atoms with van der Waals surface area (Å²) in [7, 11) is 3.89. The molecule has 0 fully saturated rings. The average molecular weight is 481 g/mol. The van der Waals surface area contributed by atoms with E-state index in [1.165, 1.54) is 4.88 Å². The maximum absolute atomic E-state index is 11.2. The number of ether oxygens (including phenoxy) is 1.